The number of carboxylic acid groups (broad SMARTS) is 1. The van der Waals surface area contributed by atoms with Gasteiger partial charge in [0.15, 0.2) is 6.29 Å². The molecule has 2 rings (SSSR count). The number of halogens is 1. The highest BCUT2D eigenvalue weighted by molar-refractivity contribution is 7.21. The van der Waals surface area contributed by atoms with Gasteiger partial charge in [-0.25, -0.2) is 4.79 Å². The zero-order valence-corrected chi connectivity index (χ0v) is 8.93. The lowest BCUT2D eigenvalue weighted by atomic mass is 10.1. The summed E-state index contributed by atoms with van der Waals surface area (Å²) in [5, 5.41) is 9.97. The van der Waals surface area contributed by atoms with Gasteiger partial charge in [0.05, 0.1) is 0 Å². The molecule has 0 bridgehead atoms. The fourth-order valence-corrected chi connectivity index (χ4v) is 2.53. The summed E-state index contributed by atoms with van der Waals surface area (Å²) in [4.78, 5) is 21.7. The van der Waals surface area contributed by atoms with Crippen LogP contribution in [0.5, 0.6) is 0 Å². The van der Waals surface area contributed by atoms with Gasteiger partial charge < -0.3 is 5.11 Å². The van der Waals surface area contributed by atoms with E-state index in [1.165, 1.54) is 0 Å². The number of aromatic carboxylic acids is 1. The van der Waals surface area contributed by atoms with Crippen LogP contribution in [0.15, 0.2) is 18.2 Å². The lowest BCUT2D eigenvalue weighted by Crippen LogP contribution is -1.96. The lowest BCUT2D eigenvalue weighted by Gasteiger charge is -1.91. The van der Waals surface area contributed by atoms with E-state index >= 15 is 0 Å². The van der Waals surface area contributed by atoms with Crippen LogP contribution >= 0.6 is 22.9 Å². The Hall–Kier alpha value is -1.39. The third-order valence-electron chi connectivity index (χ3n) is 2.00. The molecule has 3 nitrogen and oxygen atoms in total. The number of fused-ring (bicyclic) bond motifs is 1. The molecule has 0 radical (unpaired) electrons. The smallest absolute Gasteiger partial charge is 0.346 e. The maximum Gasteiger partial charge on any atom is 0.346 e. The number of carbonyl (C=O) groups is 2. The van der Waals surface area contributed by atoms with Crippen molar-refractivity contribution in [2.75, 3.05) is 0 Å². The fourth-order valence-electron chi connectivity index (χ4n) is 1.36. The number of carbonyl (C=O) groups excluding carboxylic acids is 1. The van der Waals surface area contributed by atoms with Crippen molar-refractivity contribution >= 4 is 45.3 Å². The molecule has 0 aliphatic carbocycles. The van der Waals surface area contributed by atoms with Crippen molar-refractivity contribution in [2.24, 2.45) is 0 Å². The zero-order valence-electron chi connectivity index (χ0n) is 7.36. The van der Waals surface area contributed by atoms with Gasteiger partial charge in [-0.05, 0) is 18.2 Å². The minimum Gasteiger partial charge on any atom is -0.477 e. The molecule has 0 saturated carbocycles. The molecule has 0 unspecified atom stereocenters. The molecule has 15 heavy (non-hydrogen) atoms. The van der Waals surface area contributed by atoms with Crippen molar-refractivity contribution in [1.29, 1.82) is 0 Å². The van der Waals surface area contributed by atoms with Crippen LogP contribution < -0.4 is 0 Å². The van der Waals surface area contributed by atoms with Crippen LogP contribution in [0.1, 0.15) is 20.0 Å². The predicted molar refractivity (Wildman–Crippen MR) is 59.2 cm³/mol. The van der Waals surface area contributed by atoms with Crippen LogP contribution in [0.3, 0.4) is 0 Å². The summed E-state index contributed by atoms with van der Waals surface area (Å²) in [6.45, 7) is 0. The van der Waals surface area contributed by atoms with E-state index in [2.05, 4.69) is 0 Å². The molecule has 5 heteroatoms. The largest absolute Gasteiger partial charge is 0.477 e. The Labute approximate surface area is 93.9 Å². The molecule has 1 aromatic carbocycles. The van der Waals surface area contributed by atoms with Gasteiger partial charge in [0, 0.05) is 20.7 Å². The van der Waals surface area contributed by atoms with Crippen LogP contribution in [0.4, 0.5) is 0 Å². The van der Waals surface area contributed by atoms with Crippen molar-refractivity contribution in [3.63, 3.8) is 0 Å². The zero-order chi connectivity index (χ0) is 11.0. The van der Waals surface area contributed by atoms with Crippen molar-refractivity contribution in [2.45, 2.75) is 0 Å². The van der Waals surface area contributed by atoms with Gasteiger partial charge in [-0.1, -0.05) is 11.6 Å². The molecular weight excluding hydrogens is 236 g/mol. The van der Waals surface area contributed by atoms with Gasteiger partial charge in [0.25, 0.3) is 0 Å². The number of benzene rings is 1. The molecule has 1 heterocycles. The van der Waals surface area contributed by atoms with Crippen molar-refractivity contribution < 1.29 is 14.7 Å². The van der Waals surface area contributed by atoms with Crippen molar-refractivity contribution in [3.8, 4) is 0 Å². The third kappa shape index (κ3) is 1.62. The summed E-state index contributed by atoms with van der Waals surface area (Å²) in [5.74, 6) is -1.09. The Morgan fingerprint density at radius 2 is 2.20 bits per heavy atom. The molecule has 0 atom stereocenters. The highest BCUT2D eigenvalue weighted by Crippen LogP contribution is 2.32. The Kier molecular flexibility index (Phi) is 2.46. The van der Waals surface area contributed by atoms with Crippen molar-refractivity contribution in [1.82, 2.24) is 0 Å². The van der Waals surface area contributed by atoms with E-state index in [1.54, 1.807) is 18.2 Å². The van der Waals surface area contributed by atoms with Gasteiger partial charge in [-0.15, -0.1) is 11.3 Å². The van der Waals surface area contributed by atoms with E-state index in [4.69, 9.17) is 16.7 Å². The Bertz CT molecular complexity index is 559. The molecule has 0 fully saturated rings. The van der Waals surface area contributed by atoms with E-state index in [0.29, 0.717) is 16.7 Å². The molecule has 1 aromatic heterocycles. The fraction of sp³-hybridized carbons (Fsp3) is 0. The Morgan fingerprint density at radius 3 is 2.80 bits per heavy atom. The first-order chi connectivity index (χ1) is 7.13. The molecular formula is C10H5ClO3S. The first kappa shape index (κ1) is 10.1. The number of carboxylic acids is 1. The molecule has 0 saturated heterocycles. The average molecular weight is 241 g/mol. The number of rotatable bonds is 2. The first-order valence-corrected chi connectivity index (χ1v) is 5.23. The summed E-state index contributed by atoms with van der Waals surface area (Å²) >= 11 is 6.85. The SMILES string of the molecule is O=Cc1c(C(=O)O)sc2ccc(Cl)cc12. The minimum atomic E-state index is -1.09. The lowest BCUT2D eigenvalue weighted by molar-refractivity contribution is 0.0699. The van der Waals surface area contributed by atoms with E-state index in [-0.39, 0.29) is 10.4 Å². The Balaban J connectivity index is 2.85. The minimum absolute atomic E-state index is 0.0577. The second kappa shape index (κ2) is 3.64. The monoisotopic (exact) mass is 240 g/mol. The molecule has 1 N–H and O–H groups in total. The summed E-state index contributed by atoms with van der Waals surface area (Å²) in [5.41, 5.74) is 0.199. The van der Waals surface area contributed by atoms with Gasteiger partial charge in [-0.2, -0.15) is 0 Å². The van der Waals surface area contributed by atoms with E-state index < -0.39 is 5.97 Å². The first-order valence-electron chi connectivity index (χ1n) is 4.04. The standard InChI is InChI=1S/C10H5ClO3S/c11-5-1-2-8-6(3-5)7(4-12)9(15-8)10(13)14/h1-4H,(H,13,14). The van der Waals surface area contributed by atoms with Crippen LogP contribution in [0.2, 0.25) is 5.02 Å². The summed E-state index contributed by atoms with van der Waals surface area (Å²) in [7, 11) is 0. The maximum atomic E-state index is 10.9. The topological polar surface area (TPSA) is 54.4 Å². The predicted octanol–water partition coefficient (Wildman–Crippen LogP) is 3.07. The van der Waals surface area contributed by atoms with Gasteiger partial charge in [0.2, 0.25) is 0 Å². The van der Waals surface area contributed by atoms with Crippen LogP contribution in [0.25, 0.3) is 10.1 Å². The Morgan fingerprint density at radius 1 is 1.47 bits per heavy atom. The maximum absolute atomic E-state index is 10.9. The number of thiophene rings is 1. The summed E-state index contributed by atoms with van der Waals surface area (Å²) < 4.78 is 0.749. The van der Waals surface area contributed by atoms with Crippen LogP contribution in [-0.4, -0.2) is 17.4 Å². The molecule has 0 aliphatic heterocycles. The normalized spacial score (nSPS) is 10.5. The quantitative estimate of drug-likeness (QED) is 0.821. The highest BCUT2D eigenvalue weighted by Gasteiger charge is 2.16. The number of aldehydes is 1. The van der Waals surface area contributed by atoms with E-state index in [9.17, 15) is 9.59 Å². The molecule has 2 aromatic rings. The number of hydrogen-bond donors (Lipinski definition) is 1. The second-order valence-electron chi connectivity index (χ2n) is 2.91. The molecule has 0 spiro atoms. The highest BCUT2D eigenvalue weighted by atomic mass is 35.5. The van der Waals surface area contributed by atoms with Crippen molar-refractivity contribution in [3.05, 3.63) is 33.7 Å². The summed E-state index contributed by atoms with van der Waals surface area (Å²) in [6, 6.07) is 4.98. The van der Waals surface area contributed by atoms with E-state index in [1.807, 2.05) is 0 Å². The second-order valence-corrected chi connectivity index (χ2v) is 4.40. The van der Waals surface area contributed by atoms with Crippen LogP contribution in [0, 0.1) is 0 Å². The van der Waals surface area contributed by atoms with Gasteiger partial charge in [-0.3, -0.25) is 4.79 Å². The summed E-state index contributed by atoms with van der Waals surface area (Å²) in [6.07, 6.45) is 0.554. The average Bonchev–Trinajstić information content (AvgIpc) is 2.55. The number of hydrogen-bond acceptors (Lipinski definition) is 3. The molecule has 0 amide bonds. The third-order valence-corrected chi connectivity index (χ3v) is 3.41. The van der Waals surface area contributed by atoms with Gasteiger partial charge in [0.1, 0.15) is 4.88 Å². The molecule has 76 valence electrons. The molecule has 0 aliphatic rings. The van der Waals surface area contributed by atoms with Crippen LogP contribution in [-0.2, 0) is 0 Å². The van der Waals surface area contributed by atoms with E-state index in [0.717, 1.165) is 16.0 Å². The van der Waals surface area contributed by atoms with Gasteiger partial charge >= 0.3 is 5.97 Å².